The molecule has 0 bridgehead atoms. The molecule has 2 N–H and O–H groups in total. The summed E-state index contributed by atoms with van der Waals surface area (Å²) in [6.45, 7) is 5.90. The molecular formula is C18H25NO4S. The number of aliphatic carboxylic acids is 1. The van der Waals surface area contributed by atoms with Gasteiger partial charge in [0.1, 0.15) is 6.04 Å². The van der Waals surface area contributed by atoms with Crippen molar-refractivity contribution >= 4 is 29.4 Å². The number of amides is 1. The van der Waals surface area contributed by atoms with E-state index in [1.165, 1.54) is 0 Å². The highest BCUT2D eigenvalue weighted by Gasteiger charge is 2.20. The number of thioether (sulfide) groups is 1. The Hall–Kier alpha value is -1.82. The van der Waals surface area contributed by atoms with Crippen LogP contribution in [0.1, 0.15) is 47.7 Å². The Bertz CT molecular complexity index is 601. The van der Waals surface area contributed by atoms with Gasteiger partial charge in [0.15, 0.2) is 5.78 Å². The second kappa shape index (κ2) is 10.1. The Balaban J connectivity index is 2.50. The highest BCUT2D eigenvalue weighted by atomic mass is 32.2. The summed E-state index contributed by atoms with van der Waals surface area (Å²) in [5, 5.41) is 11.6. The third-order valence-corrected chi connectivity index (χ3v) is 4.73. The monoisotopic (exact) mass is 351 g/mol. The van der Waals surface area contributed by atoms with Crippen LogP contribution < -0.4 is 5.32 Å². The van der Waals surface area contributed by atoms with E-state index in [4.69, 9.17) is 5.11 Å². The van der Waals surface area contributed by atoms with Crippen LogP contribution in [0.3, 0.4) is 0 Å². The standard InChI is InChI=1S/C18H25NO4S/c1-4-24-10-9-15(18(22)23)19-17(21)8-7-16(20)14-6-5-12(2)13(3)11-14/h5-6,11,15H,4,7-10H2,1-3H3,(H,19,21)(H,22,23). The van der Waals surface area contributed by atoms with Gasteiger partial charge in [-0.25, -0.2) is 4.79 Å². The lowest BCUT2D eigenvalue weighted by Crippen LogP contribution is -2.41. The van der Waals surface area contributed by atoms with Gasteiger partial charge in [0, 0.05) is 18.4 Å². The maximum Gasteiger partial charge on any atom is 0.326 e. The second-order valence-electron chi connectivity index (χ2n) is 5.67. The quantitative estimate of drug-likeness (QED) is 0.500. The van der Waals surface area contributed by atoms with Gasteiger partial charge in [-0.15, -0.1) is 0 Å². The zero-order chi connectivity index (χ0) is 18.1. The molecule has 1 aromatic rings. The first kappa shape index (κ1) is 20.2. The zero-order valence-electron chi connectivity index (χ0n) is 14.4. The van der Waals surface area contributed by atoms with Crippen LogP contribution in [0.25, 0.3) is 0 Å². The molecule has 0 aliphatic carbocycles. The van der Waals surface area contributed by atoms with E-state index >= 15 is 0 Å². The summed E-state index contributed by atoms with van der Waals surface area (Å²) in [6.07, 6.45) is 0.450. The summed E-state index contributed by atoms with van der Waals surface area (Å²) in [6, 6.07) is 4.56. The van der Waals surface area contributed by atoms with Gasteiger partial charge in [0.2, 0.25) is 5.91 Å². The Morgan fingerprint density at radius 3 is 2.46 bits per heavy atom. The van der Waals surface area contributed by atoms with Crippen LogP contribution in [0.5, 0.6) is 0 Å². The minimum absolute atomic E-state index is 0.00351. The lowest BCUT2D eigenvalue weighted by atomic mass is 10.0. The predicted molar refractivity (Wildman–Crippen MR) is 96.7 cm³/mol. The summed E-state index contributed by atoms with van der Waals surface area (Å²) in [5.74, 6) is 0.0309. The Morgan fingerprint density at radius 1 is 1.17 bits per heavy atom. The molecule has 0 aliphatic rings. The number of hydrogen-bond acceptors (Lipinski definition) is 4. The molecular weight excluding hydrogens is 326 g/mol. The van der Waals surface area contributed by atoms with Crippen molar-refractivity contribution in [1.82, 2.24) is 5.32 Å². The van der Waals surface area contributed by atoms with Crippen molar-refractivity contribution in [2.45, 2.75) is 46.1 Å². The lowest BCUT2D eigenvalue weighted by Gasteiger charge is -2.14. The van der Waals surface area contributed by atoms with Crippen LogP contribution in [0.2, 0.25) is 0 Å². The molecule has 5 nitrogen and oxygen atoms in total. The Labute approximate surface area is 147 Å². The number of benzene rings is 1. The first-order valence-electron chi connectivity index (χ1n) is 8.05. The van der Waals surface area contributed by atoms with Gasteiger partial charge in [0.25, 0.3) is 0 Å². The van der Waals surface area contributed by atoms with Gasteiger partial charge in [0.05, 0.1) is 0 Å². The van der Waals surface area contributed by atoms with Crippen LogP contribution in [0.4, 0.5) is 0 Å². The normalized spacial score (nSPS) is 11.8. The number of aryl methyl sites for hydroxylation is 2. The SMILES string of the molecule is CCSCCC(NC(=O)CCC(=O)c1ccc(C)c(C)c1)C(=O)O. The maximum absolute atomic E-state index is 12.1. The number of carbonyl (C=O) groups excluding carboxylic acids is 2. The molecule has 1 unspecified atom stereocenters. The van der Waals surface area contributed by atoms with E-state index in [1.54, 1.807) is 17.8 Å². The Morgan fingerprint density at radius 2 is 1.88 bits per heavy atom. The zero-order valence-corrected chi connectivity index (χ0v) is 15.2. The second-order valence-corrected chi connectivity index (χ2v) is 7.06. The van der Waals surface area contributed by atoms with E-state index in [0.29, 0.717) is 17.7 Å². The number of carboxylic acids is 1. The molecule has 0 saturated heterocycles. The maximum atomic E-state index is 12.1. The van der Waals surface area contributed by atoms with Crippen molar-refractivity contribution in [3.05, 3.63) is 34.9 Å². The molecule has 24 heavy (non-hydrogen) atoms. The lowest BCUT2D eigenvalue weighted by molar-refractivity contribution is -0.141. The Kier molecular flexibility index (Phi) is 8.54. The molecule has 1 rings (SSSR count). The summed E-state index contributed by atoms with van der Waals surface area (Å²) in [7, 11) is 0. The molecule has 0 aromatic heterocycles. The predicted octanol–water partition coefficient (Wildman–Crippen LogP) is 2.98. The average Bonchev–Trinajstić information content (AvgIpc) is 2.54. The fraction of sp³-hybridized carbons (Fsp3) is 0.500. The number of carbonyl (C=O) groups is 3. The van der Waals surface area contributed by atoms with Gasteiger partial charge in [-0.2, -0.15) is 11.8 Å². The molecule has 0 spiro atoms. The minimum Gasteiger partial charge on any atom is -0.480 e. The fourth-order valence-corrected chi connectivity index (χ4v) is 2.85. The molecule has 0 aliphatic heterocycles. The topological polar surface area (TPSA) is 83.5 Å². The number of carboxylic acid groups (broad SMARTS) is 1. The van der Waals surface area contributed by atoms with Crippen LogP contribution in [-0.2, 0) is 9.59 Å². The highest BCUT2D eigenvalue weighted by Crippen LogP contribution is 2.12. The van der Waals surface area contributed by atoms with Crippen molar-refractivity contribution < 1.29 is 19.5 Å². The van der Waals surface area contributed by atoms with E-state index in [0.717, 1.165) is 16.9 Å². The van der Waals surface area contributed by atoms with E-state index in [1.807, 2.05) is 32.9 Å². The summed E-state index contributed by atoms with van der Waals surface area (Å²) < 4.78 is 0. The fourth-order valence-electron chi connectivity index (χ4n) is 2.16. The molecule has 1 atom stereocenters. The van der Waals surface area contributed by atoms with Crippen LogP contribution >= 0.6 is 11.8 Å². The van der Waals surface area contributed by atoms with Gasteiger partial charge >= 0.3 is 5.97 Å². The smallest absolute Gasteiger partial charge is 0.326 e. The van der Waals surface area contributed by atoms with E-state index in [-0.39, 0.29) is 18.6 Å². The molecule has 132 valence electrons. The van der Waals surface area contributed by atoms with E-state index in [9.17, 15) is 14.4 Å². The van der Waals surface area contributed by atoms with Crippen LogP contribution in [0, 0.1) is 13.8 Å². The molecule has 1 aromatic carbocycles. The van der Waals surface area contributed by atoms with Gasteiger partial charge in [-0.05, 0) is 49.0 Å². The number of Topliss-reactive ketones (excluding diaryl/α,β-unsaturated/α-hetero) is 1. The number of rotatable bonds is 10. The number of hydrogen-bond donors (Lipinski definition) is 2. The van der Waals surface area contributed by atoms with Crippen molar-refractivity contribution in [2.24, 2.45) is 0 Å². The number of nitrogens with one attached hydrogen (secondary N) is 1. The van der Waals surface area contributed by atoms with Crippen molar-refractivity contribution in [3.8, 4) is 0 Å². The van der Waals surface area contributed by atoms with Crippen LogP contribution in [-0.4, -0.2) is 40.3 Å². The van der Waals surface area contributed by atoms with Crippen molar-refractivity contribution in [2.75, 3.05) is 11.5 Å². The molecule has 6 heteroatoms. The van der Waals surface area contributed by atoms with Crippen molar-refractivity contribution in [1.29, 1.82) is 0 Å². The third kappa shape index (κ3) is 6.74. The number of ketones is 1. The molecule has 0 heterocycles. The first-order chi connectivity index (χ1) is 11.3. The van der Waals surface area contributed by atoms with Crippen LogP contribution in [0.15, 0.2) is 18.2 Å². The summed E-state index contributed by atoms with van der Waals surface area (Å²) in [4.78, 5) is 35.2. The minimum atomic E-state index is -1.04. The van der Waals surface area contributed by atoms with E-state index < -0.39 is 17.9 Å². The average molecular weight is 351 g/mol. The van der Waals surface area contributed by atoms with Crippen molar-refractivity contribution in [3.63, 3.8) is 0 Å². The first-order valence-corrected chi connectivity index (χ1v) is 9.21. The molecule has 0 saturated carbocycles. The largest absolute Gasteiger partial charge is 0.480 e. The van der Waals surface area contributed by atoms with Gasteiger partial charge in [-0.1, -0.05) is 19.1 Å². The third-order valence-electron chi connectivity index (χ3n) is 3.80. The molecule has 0 radical (unpaired) electrons. The van der Waals surface area contributed by atoms with Gasteiger partial charge < -0.3 is 10.4 Å². The highest BCUT2D eigenvalue weighted by molar-refractivity contribution is 7.99. The summed E-state index contributed by atoms with van der Waals surface area (Å²) >= 11 is 1.63. The van der Waals surface area contributed by atoms with Gasteiger partial charge in [-0.3, -0.25) is 9.59 Å². The molecule has 1 amide bonds. The molecule has 0 fully saturated rings. The summed E-state index contributed by atoms with van der Waals surface area (Å²) in [5.41, 5.74) is 2.73. The van der Waals surface area contributed by atoms with E-state index in [2.05, 4.69) is 5.32 Å².